The second kappa shape index (κ2) is 13.6. The Hall–Kier alpha value is -0.570. The lowest BCUT2D eigenvalue weighted by atomic mass is 9.95. The summed E-state index contributed by atoms with van der Waals surface area (Å²) in [6, 6.07) is 0. The van der Waals surface area contributed by atoms with E-state index in [2.05, 4.69) is 24.1 Å². The average molecular weight is 494 g/mol. The predicted octanol–water partition coefficient (Wildman–Crippen LogP) is 3.14. The summed E-state index contributed by atoms with van der Waals surface area (Å²) in [4.78, 5) is 18.4. The molecule has 1 heterocycles. The van der Waals surface area contributed by atoms with Gasteiger partial charge in [-0.25, -0.2) is 0 Å². The molecule has 1 aliphatic heterocycles. The first-order valence-corrected chi connectivity index (χ1v) is 10.6. The van der Waals surface area contributed by atoms with Gasteiger partial charge in [-0.2, -0.15) is 0 Å². The second-order valence-electron chi connectivity index (χ2n) is 7.69. The Morgan fingerprint density at radius 3 is 2.63 bits per heavy atom. The van der Waals surface area contributed by atoms with Crippen molar-refractivity contribution in [1.82, 2.24) is 10.2 Å². The molecule has 0 aromatic carbocycles. The molecule has 1 saturated heterocycles. The van der Waals surface area contributed by atoms with Gasteiger partial charge in [0, 0.05) is 39.2 Å². The number of primary amides is 1. The molecule has 27 heavy (non-hydrogen) atoms. The van der Waals surface area contributed by atoms with E-state index in [0.717, 1.165) is 58.0 Å². The number of nitrogens with one attached hydrogen (secondary N) is 1. The van der Waals surface area contributed by atoms with Gasteiger partial charge in [0.15, 0.2) is 5.96 Å². The van der Waals surface area contributed by atoms with E-state index in [4.69, 9.17) is 15.5 Å². The van der Waals surface area contributed by atoms with Crippen LogP contribution in [0.5, 0.6) is 0 Å². The molecule has 6 nitrogen and oxygen atoms in total. The second-order valence-corrected chi connectivity index (χ2v) is 7.69. The van der Waals surface area contributed by atoms with E-state index < -0.39 is 0 Å². The maximum Gasteiger partial charge on any atom is 0.217 e. The highest BCUT2D eigenvalue weighted by atomic mass is 127. The minimum Gasteiger partial charge on any atom is -0.378 e. The molecule has 2 rings (SSSR count). The van der Waals surface area contributed by atoms with Crippen LogP contribution in [0.2, 0.25) is 0 Å². The van der Waals surface area contributed by atoms with Crippen LogP contribution in [-0.2, 0) is 9.53 Å². The molecule has 1 aliphatic carbocycles. The number of carbonyl (C=O) groups is 1. The van der Waals surface area contributed by atoms with Crippen molar-refractivity contribution in [2.45, 2.75) is 71.3 Å². The van der Waals surface area contributed by atoms with Gasteiger partial charge in [-0.3, -0.25) is 9.79 Å². The fourth-order valence-electron chi connectivity index (χ4n) is 4.43. The molecule has 1 amide bonds. The van der Waals surface area contributed by atoms with Crippen molar-refractivity contribution in [2.24, 2.45) is 22.6 Å². The van der Waals surface area contributed by atoms with Gasteiger partial charge >= 0.3 is 0 Å². The number of nitrogens with two attached hydrogens (primary N) is 1. The molecule has 3 N–H and O–H groups in total. The minimum absolute atomic E-state index is 0. The number of guanidine groups is 1. The minimum atomic E-state index is -0.199. The first-order valence-electron chi connectivity index (χ1n) is 10.6. The first kappa shape index (κ1) is 24.5. The summed E-state index contributed by atoms with van der Waals surface area (Å²) in [5, 5.41) is 3.42. The maximum atomic E-state index is 11.2. The van der Waals surface area contributed by atoms with Gasteiger partial charge in [0.25, 0.3) is 0 Å². The molecule has 0 aromatic rings. The molecule has 0 aromatic heterocycles. The zero-order valence-corrected chi connectivity index (χ0v) is 19.5. The van der Waals surface area contributed by atoms with Crippen LogP contribution in [0.1, 0.15) is 65.2 Å². The molecule has 158 valence electrons. The van der Waals surface area contributed by atoms with Crippen LogP contribution >= 0.6 is 24.0 Å². The number of hydrogen-bond donors (Lipinski definition) is 2. The normalized spacial score (nSPS) is 22.4. The van der Waals surface area contributed by atoms with Crippen molar-refractivity contribution >= 4 is 35.8 Å². The summed E-state index contributed by atoms with van der Waals surface area (Å²) in [7, 11) is 0. The number of carbonyl (C=O) groups excluding carboxylic acids is 1. The number of hydrogen-bond acceptors (Lipinski definition) is 3. The number of amides is 1. The smallest absolute Gasteiger partial charge is 0.217 e. The summed E-state index contributed by atoms with van der Waals surface area (Å²) in [6.07, 6.45) is 9.27. The molecule has 0 spiro atoms. The number of rotatable bonds is 9. The number of aliphatic imine (C=N–C) groups is 1. The van der Waals surface area contributed by atoms with Crippen molar-refractivity contribution in [3.8, 4) is 0 Å². The molecule has 2 unspecified atom stereocenters. The molecule has 1 saturated carbocycles. The van der Waals surface area contributed by atoms with Gasteiger partial charge in [-0.1, -0.05) is 12.8 Å². The highest BCUT2D eigenvalue weighted by Crippen LogP contribution is 2.30. The molecule has 2 atom stereocenters. The number of ether oxygens (including phenoxy) is 1. The van der Waals surface area contributed by atoms with E-state index in [-0.39, 0.29) is 29.9 Å². The molecule has 0 bridgehead atoms. The molecule has 0 radical (unpaired) electrons. The van der Waals surface area contributed by atoms with Gasteiger partial charge in [0.2, 0.25) is 5.91 Å². The standard InChI is InChI=1S/C20H38N4O2.HI/c1-3-22-20(24-13-7-8-16(15-24)14-19(21)25)23-12-11-18(26-4-2)17-9-5-6-10-17;/h16-18H,3-15H2,1-2H3,(H2,21,25)(H,22,23);1H. The zero-order chi connectivity index (χ0) is 18.8. The Kier molecular flexibility index (Phi) is 12.3. The lowest BCUT2D eigenvalue weighted by Gasteiger charge is -2.34. The molecular formula is C20H39IN4O2. The van der Waals surface area contributed by atoms with Crippen LogP contribution in [-0.4, -0.2) is 55.7 Å². The summed E-state index contributed by atoms with van der Waals surface area (Å²) in [5.41, 5.74) is 5.39. The lowest BCUT2D eigenvalue weighted by molar-refractivity contribution is -0.119. The number of likely N-dealkylation sites (tertiary alicyclic amines) is 1. The average Bonchev–Trinajstić information content (AvgIpc) is 3.14. The van der Waals surface area contributed by atoms with E-state index in [1.54, 1.807) is 0 Å². The van der Waals surface area contributed by atoms with E-state index >= 15 is 0 Å². The quantitative estimate of drug-likeness (QED) is 0.293. The van der Waals surface area contributed by atoms with Crippen molar-refractivity contribution < 1.29 is 9.53 Å². The van der Waals surface area contributed by atoms with Crippen molar-refractivity contribution in [3.05, 3.63) is 0 Å². The Labute approximate surface area is 182 Å². The van der Waals surface area contributed by atoms with Gasteiger partial charge in [-0.05, 0) is 57.8 Å². The van der Waals surface area contributed by atoms with E-state index in [9.17, 15) is 4.79 Å². The summed E-state index contributed by atoms with van der Waals surface area (Å²) in [5.74, 6) is 1.83. The molecule has 7 heteroatoms. The van der Waals surface area contributed by atoms with E-state index in [1.165, 1.54) is 25.7 Å². The topological polar surface area (TPSA) is 80.0 Å². The van der Waals surface area contributed by atoms with Crippen LogP contribution in [0.15, 0.2) is 4.99 Å². The molecular weight excluding hydrogens is 455 g/mol. The van der Waals surface area contributed by atoms with Crippen LogP contribution in [0.4, 0.5) is 0 Å². The monoisotopic (exact) mass is 494 g/mol. The third-order valence-corrected chi connectivity index (χ3v) is 5.62. The van der Waals surface area contributed by atoms with Crippen LogP contribution in [0.25, 0.3) is 0 Å². The van der Waals surface area contributed by atoms with Crippen LogP contribution in [0.3, 0.4) is 0 Å². The fourth-order valence-corrected chi connectivity index (χ4v) is 4.43. The summed E-state index contributed by atoms with van der Waals surface area (Å²) < 4.78 is 6.02. The third kappa shape index (κ3) is 8.54. The number of nitrogens with zero attached hydrogens (tertiary/aromatic N) is 2. The van der Waals surface area contributed by atoms with Gasteiger partial charge < -0.3 is 20.7 Å². The largest absolute Gasteiger partial charge is 0.378 e. The Bertz CT molecular complexity index is 455. The van der Waals surface area contributed by atoms with Gasteiger partial charge in [-0.15, -0.1) is 24.0 Å². The van der Waals surface area contributed by atoms with Crippen molar-refractivity contribution in [2.75, 3.05) is 32.8 Å². The molecule has 2 fully saturated rings. The molecule has 2 aliphatic rings. The van der Waals surface area contributed by atoms with Crippen molar-refractivity contribution in [3.63, 3.8) is 0 Å². The maximum absolute atomic E-state index is 11.2. The highest BCUT2D eigenvalue weighted by molar-refractivity contribution is 14.0. The predicted molar refractivity (Wildman–Crippen MR) is 121 cm³/mol. The highest BCUT2D eigenvalue weighted by Gasteiger charge is 2.26. The summed E-state index contributed by atoms with van der Waals surface area (Å²) in [6.45, 7) is 8.48. The lowest BCUT2D eigenvalue weighted by Crippen LogP contribution is -2.47. The van der Waals surface area contributed by atoms with Gasteiger partial charge in [0.1, 0.15) is 0 Å². The Morgan fingerprint density at radius 2 is 2.00 bits per heavy atom. The van der Waals surface area contributed by atoms with E-state index in [0.29, 0.717) is 24.4 Å². The summed E-state index contributed by atoms with van der Waals surface area (Å²) >= 11 is 0. The van der Waals surface area contributed by atoms with Gasteiger partial charge in [0.05, 0.1) is 6.10 Å². The fraction of sp³-hybridized carbons (Fsp3) is 0.900. The zero-order valence-electron chi connectivity index (χ0n) is 17.1. The first-order chi connectivity index (χ1) is 12.6. The Morgan fingerprint density at radius 1 is 1.26 bits per heavy atom. The van der Waals surface area contributed by atoms with Crippen LogP contribution in [0, 0.1) is 11.8 Å². The van der Waals surface area contributed by atoms with E-state index in [1.807, 2.05) is 0 Å². The number of piperidine rings is 1. The third-order valence-electron chi connectivity index (χ3n) is 5.62. The van der Waals surface area contributed by atoms with Crippen LogP contribution < -0.4 is 11.1 Å². The number of halogens is 1. The van der Waals surface area contributed by atoms with Crippen molar-refractivity contribution in [1.29, 1.82) is 0 Å². The SMILES string of the molecule is CCNC(=NCCC(OCC)C1CCCC1)N1CCCC(CC(N)=O)C1.I. The Balaban J connectivity index is 0.00000364.